The van der Waals surface area contributed by atoms with Gasteiger partial charge in [0.05, 0.1) is 23.0 Å². The third-order valence-electron chi connectivity index (χ3n) is 15.1. The molecule has 0 aliphatic heterocycles. The molecule has 5 heterocycles. The van der Waals surface area contributed by atoms with E-state index in [-0.39, 0.29) is 92.2 Å². The molecule has 0 N–H and O–H groups in total. The van der Waals surface area contributed by atoms with Crippen LogP contribution in [0.5, 0.6) is 0 Å². The van der Waals surface area contributed by atoms with Crippen LogP contribution in [0.3, 0.4) is 0 Å². The first-order valence-electron chi connectivity index (χ1n) is 27.3. The van der Waals surface area contributed by atoms with Crippen LogP contribution < -0.4 is 0 Å². The Morgan fingerprint density at radius 1 is 0.391 bits per heavy atom. The molecule has 0 spiro atoms. The molecule has 5 aromatic heterocycles. The normalized spacial score (nSPS) is 12.1. The minimum atomic E-state index is 0. The smallest absolute Gasteiger partial charge is 0.102 e. The zero-order valence-electron chi connectivity index (χ0n) is 48.4. The molecule has 87 heavy (non-hydrogen) atoms. The van der Waals surface area contributed by atoms with Crippen LogP contribution in [0.4, 0.5) is 0 Å². The van der Waals surface area contributed by atoms with Gasteiger partial charge in [0, 0.05) is 133 Å². The number of hydrogen-bond donors (Lipinski definition) is 0. The molecular weight excluding hydrogens is 1790 g/mol. The molecule has 2 aliphatic carbocycles. The fraction of sp³-hybridized carbons (Fsp3) is 0.129. The summed E-state index contributed by atoms with van der Waals surface area (Å²) >= 11 is 0. The number of rotatable bonds is 7. The van der Waals surface area contributed by atoms with Gasteiger partial charge in [0.15, 0.2) is 0 Å². The van der Waals surface area contributed by atoms with Crippen molar-refractivity contribution in [2.45, 2.75) is 38.5 Å². The maximum atomic E-state index is 4.38. The van der Waals surface area contributed by atoms with Gasteiger partial charge in [0.25, 0.3) is 0 Å². The average Bonchev–Trinajstić information content (AvgIpc) is 1.62. The molecule has 17 heteroatoms. The zero-order valence-corrected chi connectivity index (χ0v) is 57.9. The fourth-order valence-electron chi connectivity index (χ4n) is 10.8. The van der Waals surface area contributed by atoms with E-state index in [1.54, 1.807) is 37.6 Å². The fourth-order valence-corrected chi connectivity index (χ4v) is 10.8. The molecule has 3 radical (unpaired) electrons. The van der Waals surface area contributed by atoms with Crippen molar-refractivity contribution in [1.29, 1.82) is 0 Å². The predicted molar refractivity (Wildman–Crippen MR) is 325 cm³/mol. The molecule has 0 atom stereocenters. The van der Waals surface area contributed by atoms with Crippen LogP contribution in [0.25, 0.3) is 95.6 Å². The monoisotopic (exact) mass is 1850 g/mol. The molecule has 443 valence electrons. The van der Waals surface area contributed by atoms with Crippen LogP contribution >= 0.6 is 0 Å². The van der Waals surface area contributed by atoms with Crippen LogP contribution in [0.1, 0.15) is 49.9 Å². The van der Waals surface area contributed by atoms with Crippen molar-refractivity contribution in [1.82, 2.24) is 64.5 Å². The summed E-state index contributed by atoms with van der Waals surface area (Å²) in [6, 6.07) is 76.8. The first kappa shape index (κ1) is 65.1. The summed E-state index contributed by atoms with van der Waals surface area (Å²) in [4.78, 5) is 13.0. The van der Waals surface area contributed by atoms with Gasteiger partial charge >= 0.3 is 0 Å². The van der Waals surface area contributed by atoms with Gasteiger partial charge in [-0.15, -0.1) is 124 Å². The number of hydrogen-bond acceptors (Lipinski definition) is 9. The van der Waals surface area contributed by atoms with Crippen LogP contribution in [-0.2, 0) is 113 Å². The maximum absolute atomic E-state index is 4.38. The molecule has 13 nitrogen and oxygen atoms in total. The minimum absolute atomic E-state index is 0. The second kappa shape index (κ2) is 28.3. The molecule has 0 fully saturated rings. The van der Waals surface area contributed by atoms with Crippen molar-refractivity contribution in [2.24, 2.45) is 21.1 Å². The summed E-state index contributed by atoms with van der Waals surface area (Å²) in [6.45, 7) is 9.09. The summed E-state index contributed by atoms with van der Waals surface area (Å²) in [5.74, 6) is 1.43. The Morgan fingerprint density at radius 2 is 0.874 bits per heavy atom. The van der Waals surface area contributed by atoms with E-state index in [0.717, 1.165) is 62.0 Å². The van der Waals surface area contributed by atoms with Gasteiger partial charge < -0.3 is 0 Å². The van der Waals surface area contributed by atoms with Crippen molar-refractivity contribution in [3.05, 3.63) is 266 Å². The number of nitrogens with zero attached hydrogens (tertiary/aromatic N) is 13. The van der Waals surface area contributed by atoms with E-state index in [1.165, 1.54) is 50.1 Å². The second-order valence-corrected chi connectivity index (χ2v) is 21.4. The van der Waals surface area contributed by atoms with E-state index >= 15 is 0 Å². The minimum Gasteiger partial charge on any atom is -0.265 e. The number of para-hydroxylation sites is 1. The van der Waals surface area contributed by atoms with Gasteiger partial charge in [-0.2, -0.15) is 10.2 Å². The van der Waals surface area contributed by atoms with Crippen LogP contribution in [0.15, 0.2) is 219 Å². The van der Waals surface area contributed by atoms with E-state index in [1.807, 2.05) is 131 Å². The first-order valence-corrected chi connectivity index (χ1v) is 27.3. The quantitative estimate of drug-likeness (QED) is 0.143. The predicted octanol–water partition coefficient (Wildman–Crippen LogP) is 13.9. The molecule has 8 aromatic carbocycles. The van der Waals surface area contributed by atoms with Gasteiger partial charge in [-0.1, -0.05) is 169 Å². The molecule has 0 amide bonds. The van der Waals surface area contributed by atoms with Gasteiger partial charge in [-0.05, 0) is 51.8 Å². The van der Waals surface area contributed by atoms with Crippen molar-refractivity contribution in [3.8, 4) is 95.6 Å². The van der Waals surface area contributed by atoms with E-state index in [4.69, 9.17) is 0 Å². The number of benzene rings is 8. The SMILES string of the molecule is Cn1cc(-c2[c-]cc3c(c2)C(C)(C)c2ccccc2-3)nn1.Cn1cnc(-c2[c-]cc3c(c2)C(C)(C)c2ccccc2-3)n1.Cn1cnc(-c2[c-]ccc(-c3ccccc3)c2)n1.[Ir].[Ir].[Ir].[Pt].[c-]1ccc(-c2ccccn2)cc1-c1cn(-c2ccccc2)nn1. The van der Waals surface area contributed by atoms with Crippen LogP contribution in [0.2, 0.25) is 0 Å². The third kappa shape index (κ3) is 13.9. The van der Waals surface area contributed by atoms with E-state index in [0.29, 0.717) is 5.82 Å². The summed E-state index contributed by atoms with van der Waals surface area (Å²) < 4.78 is 6.89. The topological polar surface area (TPSA) is 136 Å². The average molecular weight is 1850 g/mol. The number of pyridine rings is 1. The molecule has 0 saturated carbocycles. The summed E-state index contributed by atoms with van der Waals surface area (Å²) in [7, 11) is 5.62. The summed E-state index contributed by atoms with van der Waals surface area (Å²) in [5, 5.41) is 25.3. The van der Waals surface area contributed by atoms with Gasteiger partial charge in [0.2, 0.25) is 0 Å². The van der Waals surface area contributed by atoms with Gasteiger partial charge in [-0.25, -0.2) is 14.9 Å². The van der Waals surface area contributed by atoms with Crippen molar-refractivity contribution in [3.63, 3.8) is 0 Å². The third-order valence-corrected chi connectivity index (χ3v) is 15.1. The Morgan fingerprint density at radius 3 is 1.44 bits per heavy atom. The van der Waals surface area contributed by atoms with Gasteiger partial charge in [-0.3, -0.25) is 29.0 Å². The van der Waals surface area contributed by atoms with Crippen molar-refractivity contribution in [2.75, 3.05) is 0 Å². The Hall–Kier alpha value is -7.89. The molecule has 0 saturated heterocycles. The van der Waals surface area contributed by atoms with Crippen molar-refractivity contribution >= 4 is 0 Å². The number of aromatic nitrogens is 13. The van der Waals surface area contributed by atoms with Crippen LogP contribution in [0, 0.1) is 24.3 Å². The maximum Gasteiger partial charge on any atom is 0.102 e. The Bertz CT molecular complexity index is 4260. The summed E-state index contributed by atoms with van der Waals surface area (Å²) in [5.41, 5.74) is 21.3. The Labute approximate surface area is 562 Å². The van der Waals surface area contributed by atoms with Gasteiger partial charge in [0.1, 0.15) is 12.7 Å². The molecule has 0 unspecified atom stereocenters. The van der Waals surface area contributed by atoms with E-state index in [2.05, 4.69) is 189 Å². The molecular formula is C70H57Ir3N13Pt-4. The number of aryl methyl sites for hydroxylation is 3. The van der Waals surface area contributed by atoms with E-state index in [9.17, 15) is 0 Å². The zero-order chi connectivity index (χ0) is 57.1. The van der Waals surface area contributed by atoms with Crippen molar-refractivity contribution < 1.29 is 81.4 Å². The largest absolute Gasteiger partial charge is 0.265 e. The second-order valence-electron chi connectivity index (χ2n) is 21.4. The molecule has 15 rings (SSSR count). The molecule has 2 aliphatic rings. The Kier molecular flexibility index (Phi) is 21.2. The van der Waals surface area contributed by atoms with E-state index < -0.39 is 0 Å². The first-order chi connectivity index (χ1) is 40.4. The molecule has 0 bridgehead atoms. The summed E-state index contributed by atoms with van der Waals surface area (Å²) in [6.07, 6.45) is 9.03. The molecule has 13 aromatic rings. The number of fused-ring (bicyclic) bond motifs is 6. The Balaban J connectivity index is 0.000000149. The standard InChI is InChI=1S/C19H13N4.2C18H16N3.C15H12N3.3Ir.Pt/c1-2-9-17(10-3-1)23-14-19(21-22-23)16-8-6-7-15(13-16)18-11-4-5-12-20-18;1-18(2)15-7-5-4-6-13(15)14-9-8-12(10-16(14)18)17-19-11-21(3)20-17;1-18(2)15-7-5-4-6-13(15)14-9-8-12(10-16(14)18)17-11-21(3)20-19-17;1-18-11-16-15(17-18)14-9-5-8-13(10-14)12-6-3-2-4-7-12;;;;/h1-7,9-14H;2*4-7,9-11H,1-3H3;2-8,10-11H,1H3;;;;/q4*-1;;;;. The van der Waals surface area contributed by atoms with Crippen LogP contribution in [-0.4, -0.2) is 64.5 Å².